The first kappa shape index (κ1) is 13.6. The minimum absolute atomic E-state index is 0.0369. The molecular weight excluding hydrogens is 320 g/mol. The summed E-state index contributed by atoms with van der Waals surface area (Å²) in [5.74, 6) is 0. The van der Waals surface area contributed by atoms with Crippen molar-refractivity contribution in [1.29, 1.82) is 0 Å². The number of hydrogen-bond donors (Lipinski definition) is 1. The van der Waals surface area contributed by atoms with Crippen LogP contribution in [0.1, 0.15) is 24.4 Å². The van der Waals surface area contributed by atoms with Gasteiger partial charge in [-0.3, -0.25) is 9.67 Å². The van der Waals surface area contributed by atoms with Crippen molar-refractivity contribution in [3.8, 4) is 0 Å². The zero-order chi connectivity index (χ0) is 13.9. The number of aliphatic hydroxyl groups is 1. The van der Waals surface area contributed by atoms with Crippen molar-refractivity contribution in [2.75, 3.05) is 18.0 Å². The maximum absolute atomic E-state index is 9.40. The van der Waals surface area contributed by atoms with Gasteiger partial charge in [-0.1, -0.05) is 0 Å². The Kier molecular flexibility index (Phi) is 4.03. The van der Waals surface area contributed by atoms with Crippen LogP contribution in [0.25, 0.3) is 0 Å². The standard InChI is InChI=1S/C14H17BrN4O/c15-12-8-17-19(9-12)13-2-5-18(6-3-13)14-1-4-16-7-11(14)10-20/h1,4,7-9,13,20H,2-3,5-6,10H2. The topological polar surface area (TPSA) is 54.2 Å². The summed E-state index contributed by atoms with van der Waals surface area (Å²) in [6.45, 7) is 1.98. The Morgan fingerprint density at radius 1 is 1.30 bits per heavy atom. The Labute approximate surface area is 126 Å². The number of nitrogens with zero attached hydrogens (tertiary/aromatic N) is 4. The molecular formula is C14H17BrN4O. The number of aliphatic hydroxyl groups excluding tert-OH is 1. The highest BCUT2D eigenvalue weighted by molar-refractivity contribution is 9.10. The lowest BCUT2D eigenvalue weighted by Gasteiger charge is -2.34. The van der Waals surface area contributed by atoms with Crippen LogP contribution in [0.4, 0.5) is 5.69 Å². The molecule has 1 fully saturated rings. The summed E-state index contributed by atoms with van der Waals surface area (Å²) in [4.78, 5) is 6.39. The van der Waals surface area contributed by atoms with Gasteiger partial charge in [0.2, 0.25) is 0 Å². The molecule has 0 spiro atoms. The lowest BCUT2D eigenvalue weighted by molar-refractivity contribution is 0.281. The third kappa shape index (κ3) is 2.71. The molecule has 0 radical (unpaired) electrons. The van der Waals surface area contributed by atoms with Crippen LogP contribution in [0.2, 0.25) is 0 Å². The molecule has 2 aromatic rings. The zero-order valence-corrected chi connectivity index (χ0v) is 12.7. The van der Waals surface area contributed by atoms with Gasteiger partial charge in [0.1, 0.15) is 0 Å². The van der Waals surface area contributed by atoms with Crippen LogP contribution in [0.5, 0.6) is 0 Å². The van der Waals surface area contributed by atoms with Crippen molar-refractivity contribution in [3.63, 3.8) is 0 Å². The highest BCUT2D eigenvalue weighted by atomic mass is 79.9. The Morgan fingerprint density at radius 2 is 2.10 bits per heavy atom. The summed E-state index contributed by atoms with van der Waals surface area (Å²) in [6, 6.07) is 2.44. The number of aromatic nitrogens is 3. The number of hydrogen-bond acceptors (Lipinski definition) is 4. The molecule has 0 saturated carbocycles. The minimum Gasteiger partial charge on any atom is -0.392 e. The van der Waals surface area contributed by atoms with E-state index in [4.69, 9.17) is 0 Å². The van der Waals surface area contributed by atoms with Crippen molar-refractivity contribution in [1.82, 2.24) is 14.8 Å². The van der Waals surface area contributed by atoms with E-state index in [1.54, 1.807) is 12.4 Å². The van der Waals surface area contributed by atoms with Gasteiger partial charge in [-0.15, -0.1) is 0 Å². The van der Waals surface area contributed by atoms with Crippen molar-refractivity contribution < 1.29 is 5.11 Å². The van der Waals surface area contributed by atoms with E-state index in [1.807, 2.05) is 23.1 Å². The van der Waals surface area contributed by atoms with Crippen molar-refractivity contribution >= 4 is 21.6 Å². The zero-order valence-electron chi connectivity index (χ0n) is 11.1. The summed E-state index contributed by atoms with van der Waals surface area (Å²) in [5, 5.41) is 13.8. The lowest BCUT2D eigenvalue weighted by Crippen LogP contribution is -2.35. The average molecular weight is 337 g/mol. The van der Waals surface area contributed by atoms with Gasteiger partial charge in [-0.25, -0.2) is 0 Å². The molecule has 20 heavy (non-hydrogen) atoms. The number of piperidine rings is 1. The predicted octanol–water partition coefficient (Wildman–Crippen LogP) is 2.37. The SMILES string of the molecule is OCc1cnccc1N1CCC(n2cc(Br)cn2)CC1. The highest BCUT2D eigenvalue weighted by Crippen LogP contribution is 2.28. The van der Waals surface area contributed by atoms with E-state index in [0.29, 0.717) is 6.04 Å². The summed E-state index contributed by atoms with van der Waals surface area (Å²) >= 11 is 3.44. The number of pyridine rings is 1. The van der Waals surface area contributed by atoms with Crippen molar-refractivity contribution in [2.24, 2.45) is 0 Å². The Morgan fingerprint density at radius 3 is 2.75 bits per heavy atom. The van der Waals surface area contributed by atoms with Gasteiger partial charge in [0, 0.05) is 42.9 Å². The molecule has 0 bridgehead atoms. The second-order valence-corrected chi connectivity index (χ2v) is 5.93. The largest absolute Gasteiger partial charge is 0.392 e. The number of anilines is 1. The summed E-state index contributed by atoms with van der Waals surface area (Å²) in [7, 11) is 0. The molecule has 3 rings (SSSR count). The van der Waals surface area contributed by atoms with Crippen LogP contribution in [-0.2, 0) is 6.61 Å². The second kappa shape index (κ2) is 5.93. The van der Waals surface area contributed by atoms with E-state index in [9.17, 15) is 5.11 Å². The second-order valence-electron chi connectivity index (χ2n) is 5.02. The van der Waals surface area contributed by atoms with Crippen LogP contribution in [0, 0.1) is 0 Å². The Hall–Kier alpha value is -1.40. The molecule has 6 heteroatoms. The molecule has 1 aliphatic heterocycles. The van der Waals surface area contributed by atoms with E-state index in [0.717, 1.165) is 41.7 Å². The molecule has 5 nitrogen and oxygen atoms in total. The van der Waals surface area contributed by atoms with Crippen LogP contribution in [0.15, 0.2) is 35.3 Å². The van der Waals surface area contributed by atoms with Crippen LogP contribution < -0.4 is 4.90 Å². The predicted molar refractivity (Wildman–Crippen MR) is 80.6 cm³/mol. The maximum atomic E-state index is 9.40. The monoisotopic (exact) mass is 336 g/mol. The van der Waals surface area contributed by atoms with Crippen LogP contribution in [-0.4, -0.2) is 33.0 Å². The molecule has 1 N–H and O–H groups in total. The molecule has 0 unspecified atom stereocenters. The first-order valence-corrected chi connectivity index (χ1v) is 7.55. The van der Waals surface area contributed by atoms with Gasteiger partial charge in [0.05, 0.1) is 23.3 Å². The summed E-state index contributed by atoms with van der Waals surface area (Å²) in [5.41, 5.74) is 2.00. The van der Waals surface area contributed by atoms with Gasteiger partial charge < -0.3 is 10.0 Å². The van der Waals surface area contributed by atoms with E-state index >= 15 is 0 Å². The normalized spacial score (nSPS) is 16.6. The molecule has 3 heterocycles. The maximum Gasteiger partial charge on any atom is 0.0717 e. The van der Waals surface area contributed by atoms with E-state index in [-0.39, 0.29) is 6.61 Å². The molecule has 1 aliphatic rings. The van der Waals surface area contributed by atoms with E-state index in [1.165, 1.54) is 0 Å². The molecule has 0 aliphatic carbocycles. The molecule has 0 amide bonds. The van der Waals surface area contributed by atoms with Gasteiger partial charge in [0.25, 0.3) is 0 Å². The Balaban J connectivity index is 1.69. The van der Waals surface area contributed by atoms with Gasteiger partial charge in [-0.2, -0.15) is 5.10 Å². The van der Waals surface area contributed by atoms with Crippen LogP contribution in [0.3, 0.4) is 0 Å². The Bertz CT molecular complexity index is 578. The highest BCUT2D eigenvalue weighted by Gasteiger charge is 2.22. The minimum atomic E-state index is 0.0369. The molecule has 2 aromatic heterocycles. The van der Waals surface area contributed by atoms with E-state index in [2.05, 4.69) is 30.9 Å². The molecule has 106 valence electrons. The molecule has 0 aromatic carbocycles. The first-order valence-electron chi connectivity index (χ1n) is 6.76. The fraction of sp³-hybridized carbons (Fsp3) is 0.429. The fourth-order valence-corrected chi connectivity index (χ4v) is 3.04. The number of halogens is 1. The van der Waals surface area contributed by atoms with Gasteiger partial charge >= 0.3 is 0 Å². The van der Waals surface area contributed by atoms with E-state index < -0.39 is 0 Å². The average Bonchev–Trinajstić information content (AvgIpc) is 2.94. The molecule has 0 atom stereocenters. The summed E-state index contributed by atoms with van der Waals surface area (Å²) < 4.78 is 3.07. The van der Waals surface area contributed by atoms with Crippen molar-refractivity contribution in [2.45, 2.75) is 25.5 Å². The third-order valence-electron chi connectivity index (χ3n) is 3.80. The fourth-order valence-electron chi connectivity index (χ4n) is 2.74. The number of rotatable bonds is 3. The molecule has 1 saturated heterocycles. The third-order valence-corrected chi connectivity index (χ3v) is 4.21. The summed E-state index contributed by atoms with van der Waals surface area (Å²) in [6.07, 6.45) is 9.50. The van der Waals surface area contributed by atoms with Crippen LogP contribution >= 0.6 is 15.9 Å². The van der Waals surface area contributed by atoms with Crippen molar-refractivity contribution in [3.05, 3.63) is 40.9 Å². The smallest absolute Gasteiger partial charge is 0.0717 e. The van der Waals surface area contributed by atoms with Gasteiger partial charge in [-0.05, 0) is 34.8 Å². The lowest BCUT2D eigenvalue weighted by atomic mass is 10.0. The quantitative estimate of drug-likeness (QED) is 0.934. The first-order chi connectivity index (χ1) is 9.78. The van der Waals surface area contributed by atoms with Gasteiger partial charge in [0.15, 0.2) is 0 Å².